The molecule has 0 amide bonds. The number of nitrogens with zero attached hydrogens (tertiary/aromatic N) is 1. The first-order valence-corrected chi connectivity index (χ1v) is 5.38. The molecule has 0 aliphatic heterocycles. The van der Waals surface area contributed by atoms with Gasteiger partial charge in [-0.05, 0) is 25.1 Å². The van der Waals surface area contributed by atoms with Crippen molar-refractivity contribution >= 4 is 18.4 Å². The van der Waals surface area contributed by atoms with Crippen LogP contribution in [0.4, 0.5) is 8.78 Å². The van der Waals surface area contributed by atoms with Crippen LogP contribution in [0.1, 0.15) is 24.1 Å². The van der Waals surface area contributed by atoms with Crippen LogP contribution in [0.2, 0.25) is 0 Å². The maximum atomic E-state index is 13.7. The fourth-order valence-electron chi connectivity index (χ4n) is 1.42. The number of phenolic OH excluding ortho intramolecular Hbond substituents is 1. The maximum absolute atomic E-state index is 13.7. The second kappa shape index (κ2) is 7.03. The SMILES string of the molecule is CCOC(=O)C(F)(F)[C@H](N)c1cc(C#N)ccc1O.Cl. The van der Waals surface area contributed by atoms with Crippen LogP contribution in [-0.4, -0.2) is 23.6 Å². The first-order chi connectivity index (χ1) is 8.84. The van der Waals surface area contributed by atoms with Crippen LogP contribution in [0.15, 0.2) is 18.2 Å². The number of carbonyl (C=O) groups excluding carboxylic acids is 1. The predicted molar refractivity (Wildman–Crippen MR) is 68.6 cm³/mol. The van der Waals surface area contributed by atoms with E-state index in [0.29, 0.717) is 0 Å². The van der Waals surface area contributed by atoms with Crippen LogP contribution in [0.25, 0.3) is 0 Å². The summed E-state index contributed by atoms with van der Waals surface area (Å²) in [7, 11) is 0. The lowest BCUT2D eigenvalue weighted by Gasteiger charge is -2.22. The third-order valence-corrected chi connectivity index (χ3v) is 2.43. The average Bonchev–Trinajstić information content (AvgIpc) is 2.38. The molecule has 3 N–H and O–H groups in total. The van der Waals surface area contributed by atoms with Gasteiger partial charge in [-0.3, -0.25) is 0 Å². The van der Waals surface area contributed by atoms with Gasteiger partial charge in [0.15, 0.2) is 0 Å². The molecule has 1 aromatic rings. The minimum Gasteiger partial charge on any atom is -0.508 e. The topological polar surface area (TPSA) is 96.3 Å². The molecule has 0 radical (unpaired) electrons. The third kappa shape index (κ3) is 3.56. The van der Waals surface area contributed by atoms with Gasteiger partial charge in [-0.1, -0.05) is 0 Å². The number of carbonyl (C=O) groups is 1. The molecule has 1 rings (SSSR count). The van der Waals surface area contributed by atoms with Gasteiger partial charge in [0.25, 0.3) is 0 Å². The molecule has 0 saturated carbocycles. The van der Waals surface area contributed by atoms with E-state index in [1.165, 1.54) is 13.0 Å². The van der Waals surface area contributed by atoms with Gasteiger partial charge in [0.05, 0.1) is 18.2 Å². The number of nitrogens with two attached hydrogens (primary N) is 1. The Balaban J connectivity index is 0.00000361. The molecule has 0 heterocycles. The van der Waals surface area contributed by atoms with E-state index in [-0.39, 0.29) is 24.6 Å². The molecule has 0 spiro atoms. The molecule has 0 aliphatic carbocycles. The average molecular weight is 307 g/mol. The summed E-state index contributed by atoms with van der Waals surface area (Å²) in [4.78, 5) is 11.1. The quantitative estimate of drug-likeness (QED) is 0.828. The summed E-state index contributed by atoms with van der Waals surface area (Å²) in [6.07, 6.45) is 0. The van der Waals surface area contributed by atoms with Crippen LogP contribution < -0.4 is 5.73 Å². The number of alkyl halides is 2. The number of benzene rings is 1. The Hall–Kier alpha value is -1.91. The number of nitriles is 1. The molecular weight excluding hydrogens is 294 g/mol. The Morgan fingerprint density at radius 2 is 2.20 bits per heavy atom. The van der Waals surface area contributed by atoms with E-state index in [9.17, 15) is 18.7 Å². The Labute approximate surface area is 120 Å². The number of rotatable bonds is 4. The monoisotopic (exact) mass is 306 g/mol. The first-order valence-electron chi connectivity index (χ1n) is 5.38. The number of hydrogen-bond donors (Lipinski definition) is 2. The Morgan fingerprint density at radius 3 is 2.70 bits per heavy atom. The summed E-state index contributed by atoms with van der Waals surface area (Å²) in [6.45, 7) is 1.17. The molecule has 0 fully saturated rings. The molecule has 1 aromatic carbocycles. The number of esters is 1. The van der Waals surface area contributed by atoms with Crippen molar-refractivity contribution in [2.75, 3.05) is 6.61 Å². The van der Waals surface area contributed by atoms with Crippen molar-refractivity contribution in [1.82, 2.24) is 0 Å². The molecule has 0 bridgehead atoms. The molecule has 0 saturated heterocycles. The zero-order valence-corrected chi connectivity index (χ0v) is 11.3. The molecular formula is C12H13ClF2N2O3. The minimum absolute atomic E-state index is 0. The Bertz CT molecular complexity index is 532. The highest BCUT2D eigenvalue weighted by molar-refractivity contribution is 5.85. The number of phenols is 1. The van der Waals surface area contributed by atoms with E-state index >= 15 is 0 Å². The van der Waals surface area contributed by atoms with E-state index < -0.39 is 29.2 Å². The fraction of sp³-hybridized carbons (Fsp3) is 0.333. The van der Waals surface area contributed by atoms with Gasteiger partial charge in [0.1, 0.15) is 11.8 Å². The molecule has 0 aliphatic rings. The number of ether oxygens (including phenoxy) is 1. The third-order valence-electron chi connectivity index (χ3n) is 2.43. The number of hydrogen-bond acceptors (Lipinski definition) is 5. The van der Waals surface area contributed by atoms with E-state index in [4.69, 9.17) is 11.0 Å². The maximum Gasteiger partial charge on any atom is 0.379 e. The van der Waals surface area contributed by atoms with E-state index in [2.05, 4.69) is 4.74 Å². The largest absolute Gasteiger partial charge is 0.508 e. The number of halogens is 3. The molecule has 8 heteroatoms. The van der Waals surface area contributed by atoms with Crippen LogP contribution >= 0.6 is 12.4 Å². The van der Waals surface area contributed by atoms with Crippen molar-refractivity contribution in [2.45, 2.75) is 18.9 Å². The lowest BCUT2D eigenvalue weighted by Crippen LogP contribution is -2.41. The lowest BCUT2D eigenvalue weighted by molar-refractivity contribution is -0.174. The summed E-state index contributed by atoms with van der Waals surface area (Å²) >= 11 is 0. The highest BCUT2D eigenvalue weighted by Gasteiger charge is 2.48. The van der Waals surface area contributed by atoms with Crippen molar-refractivity contribution in [2.24, 2.45) is 5.73 Å². The normalized spacial score (nSPS) is 11.9. The summed E-state index contributed by atoms with van der Waals surface area (Å²) in [6, 6.07) is 2.95. The second-order valence-electron chi connectivity index (χ2n) is 3.71. The predicted octanol–water partition coefficient (Wildman–Crippen LogP) is 1.88. The Kier molecular flexibility index (Phi) is 6.36. The zero-order chi connectivity index (χ0) is 14.6. The van der Waals surface area contributed by atoms with Gasteiger partial charge in [0, 0.05) is 5.56 Å². The molecule has 1 atom stereocenters. The highest BCUT2D eigenvalue weighted by atomic mass is 35.5. The molecule has 20 heavy (non-hydrogen) atoms. The van der Waals surface area contributed by atoms with Crippen molar-refractivity contribution in [3.05, 3.63) is 29.3 Å². The van der Waals surface area contributed by atoms with Gasteiger partial charge < -0.3 is 15.6 Å². The van der Waals surface area contributed by atoms with E-state index in [1.54, 1.807) is 6.07 Å². The first kappa shape index (κ1) is 18.1. The molecule has 5 nitrogen and oxygen atoms in total. The van der Waals surface area contributed by atoms with Crippen molar-refractivity contribution < 1.29 is 23.4 Å². The van der Waals surface area contributed by atoms with Crippen LogP contribution in [0.5, 0.6) is 5.75 Å². The molecule has 0 unspecified atom stereocenters. The van der Waals surface area contributed by atoms with Crippen molar-refractivity contribution in [1.29, 1.82) is 5.26 Å². The van der Waals surface area contributed by atoms with Gasteiger partial charge in [-0.15, -0.1) is 12.4 Å². The standard InChI is InChI=1S/C12H12F2N2O3.ClH/c1-2-19-11(18)12(13,14)10(16)8-5-7(6-15)3-4-9(8)17;/h3-5,10,17H,2,16H2,1H3;1H/t10-;/m1./s1. The fourth-order valence-corrected chi connectivity index (χ4v) is 1.42. The molecule has 0 aromatic heterocycles. The second-order valence-corrected chi connectivity index (χ2v) is 3.71. The molecule has 110 valence electrons. The highest BCUT2D eigenvalue weighted by Crippen LogP contribution is 2.35. The smallest absolute Gasteiger partial charge is 0.379 e. The van der Waals surface area contributed by atoms with Crippen molar-refractivity contribution in [3.8, 4) is 11.8 Å². The number of aromatic hydroxyl groups is 1. The lowest BCUT2D eigenvalue weighted by atomic mass is 9.98. The van der Waals surface area contributed by atoms with Gasteiger partial charge in [-0.2, -0.15) is 14.0 Å². The zero-order valence-electron chi connectivity index (χ0n) is 10.5. The van der Waals surface area contributed by atoms with E-state index in [1.807, 2.05) is 0 Å². The minimum atomic E-state index is -4.00. The van der Waals surface area contributed by atoms with Gasteiger partial charge in [-0.25, -0.2) is 4.79 Å². The summed E-state index contributed by atoms with van der Waals surface area (Å²) in [5, 5.41) is 18.2. The van der Waals surface area contributed by atoms with Gasteiger partial charge >= 0.3 is 11.9 Å². The Morgan fingerprint density at radius 1 is 1.60 bits per heavy atom. The van der Waals surface area contributed by atoms with E-state index in [0.717, 1.165) is 12.1 Å². The van der Waals surface area contributed by atoms with Crippen molar-refractivity contribution in [3.63, 3.8) is 0 Å². The van der Waals surface area contributed by atoms with Gasteiger partial charge in [0.2, 0.25) is 0 Å². The summed E-state index contributed by atoms with van der Waals surface area (Å²) in [5.41, 5.74) is 4.96. The summed E-state index contributed by atoms with van der Waals surface area (Å²) < 4.78 is 31.6. The summed E-state index contributed by atoms with van der Waals surface area (Å²) in [5.74, 6) is -6.29. The van der Waals surface area contributed by atoms with Crippen LogP contribution in [0.3, 0.4) is 0 Å². The van der Waals surface area contributed by atoms with Crippen LogP contribution in [-0.2, 0) is 9.53 Å². The van der Waals surface area contributed by atoms with Crippen LogP contribution in [0, 0.1) is 11.3 Å².